The monoisotopic (exact) mass is 339 g/mol. The number of amides is 1. The minimum atomic E-state index is -1.01. The Morgan fingerprint density at radius 2 is 1.79 bits per heavy atom. The van der Waals surface area contributed by atoms with E-state index in [1.807, 2.05) is 20.8 Å². The van der Waals surface area contributed by atoms with E-state index in [4.69, 9.17) is 4.74 Å². The molecule has 4 aliphatic rings. The van der Waals surface area contributed by atoms with Crippen molar-refractivity contribution < 1.29 is 24.5 Å². The second kappa shape index (κ2) is 5.70. The summed E-state index contributed by atoms with van der Waals surface area (Å²) in [5.41, 5.74) is -1.72. The highest BCUT2D eigenvalue weighted by molar-refractivity contribution is 5.85. The number of aliphatic hydroxyl groups is 1. The van der Waals surface area contributed by atoms with Gasteiger partial charge in [0.05, 0.1) is 11.2 Å². The van der Waals surface area contributed by atoms with Crippen molar-refractivity contribution in [3.8, 4) is 0 Å². The molecular formula is C18H29NO5. The quantitative estimate of drug-likeness (QED) is 0.708. The number of hydrogen-bond donors (Lipinski definition) is 3. The van der Waals surface area contributed by atoms with Gasteiger partial charge in [-0.05, 0) is 71.1 Å². The van der Waals surface area contributed by atoms with Crippen LogP contribution >= 0.6 is 0 Å². The first-order valence-electron chi connectivity index (χ1n) is 8.89. The van der Waals surface area contributed by atoms with Crippen molar-refractivity contribution in [3.05, 3.63) is 0 Å². The molecule has 0 radical (unpaired) electrons. The summed E-state index contributed by atoms with van der Waals surface area (Å²) in [7, 11) is 0. The Balaban J connectivity index is 1.74. The number of hydrogen-bond acceptors (Lipinski definition) is 4. The first kappa shape index (κ1) is 17.7. The lowest BCUT2D eigenvalue weighted by Gasteiger charge is -2.61. The van der Waals surface area contributed by atoms with Crippen molar-refractivity contribution in [2.75, 3.05) is 6.61 Å². The van der Waals surface area contributed by atoms with Crippen molar-refractivity contribution in [2.45, 2.75) is 76.5 Å². The second-order valence-electron chi connectivity index (χ2n) is 9.29. The van der Waals surface area contributed by atoms with E-state index in [0.29, 0.717) is 18.3 Å². The molecular weight excluding hydrogens is 310 g/mol. The van der Waals surface area contributed by atoms with Gasteiger partial charge in [-0.3, -0.25) is 4.79 Å². The Kier molecular flexibility index (Phi) is 4.20. The number of rotatable bonds is 5. The molecule has 0 heterocycles. The van der Waals surface area contributed by atoms with Gasteiger partial charge in [0.1, 0.15) is 12.6 Å². The van der Waals surface area contributed by atoms with E-state index >= 15 is 0 Å². The maximum absolute atomic E-state index is 12.2. The summed E-state index contributed by atoms with van der Waals surface area (Å²) in [4.78, 5) is 24.1. The Hall–Kier alpha value is -1.14. The van der Waals surface area contributed by atoms with Gasteiger partial charge in [0, 0.05) is 5.41 Å². The summed E-state index contributed by atoms with van der Waals surface area (Å²) in [5.74, 6) is -0.661. The lowest BCUT2D eigenvalue weighted by molar-refractivity contribution is -0.184. The van der Waals surface area contributed by atoms with E-state index in [9.17, 15) is 19.8 Å². The molecule has 6 heteroatoms. The molecule has 136 valence electrons. The third kappa shape index (κ3) is 3.45. The van der Waals surface area contributed by atoms with E-state index in [-0.39, 0.29) is 6.61 Å². The normalized spacial score (nSPS) is 38.8. The lowest BCUT2D eigenvalue weighted by Crippen LogP contribution is -2.64. The molecule has 0 aromatic rings. The highest BCUT2D eigenvalue weighted by Gasteiger charge is 2.61. The summed E-state index contributed by atoms with van der Waals surface area (Å²) < 4.78 is 5.46. The van der Waals surface area contributed by atoms with Crippen LogP contribution in [0.15, 0.2) is 0 Å². The van der Waals surface area contributed by atoms with Gasteiger partial charge in [-0.2, -0.15) is 0 Å². The van der Waals surface area contributed by atoms with E-state index < -0.39 is 34.5 Å². The van der Waals surface area contributed by atoms with Gasteiger partial charge in [0.25, 0.3) is 0 Å². The molecule has 0 aromatic heterocycles. The zero-order valence-electron chi connectivity index (χ0n) is 14.8. The van der Waals surface area contributed by atoms with Gasteiger partial charge in [-0.25, -0.2) is 4.79 Å². The predicted octanol–water partition coefficient (Wildman–Crippen LogP) is 1.70. The van der Waals surface area contributed by atoms with Crippen LogP contribution in [-0.4, -0.2) is 45.9 Å². The fourth-order valence-corrected chi connectivity index (χ4v) is 5.58. The molecule has 6 nitrogen and oxygen atoms in total. The standard InChI is InChI=1S/C18H29NO5/c1-16(2,3)24-9-13(20)19-14(15(21)22)17-5-11-4-12(6-17)8-18(23,7-11)10-17/h11-12,14,23H,4-10H2,1-3H3,(H,19,20)(H,21,22)/t11-,12+,14?,17?,18?. The van der Waals surface area contributed by atoms with Crippen molar-refractivity contribution in [1.29, 1.82) is 0 Å². The number of carboxylic acid groups (broad SMARTS) is 1. The predicted molar refractivity (Wildman–Crippen MR) is 87.3 cm³/mol. The number of nitrogens with one attached hydrogen (secondary N) is 1. The highest BCUT2D eigenvalue weighted by atomic mass is 16.5. The molecule has 24 heavy (non-hydrogen) atoms. The number of ether oxygens (including phenoxy) is 1. The Labute approximate surface area is 143 Å². The molecule has 4 bridgehead atoms. The SMILES string of the molecule is CC(C)(C)OCC(=O)NC(C(=O)O)C12C[C@@H]3C[C@@H](CC(O)(C3)C1)C2. The molecule has 0 aliphatic heterocycles. The lowest BCUT2D eigenvalue weighted by atomic mass is 9.46. The average Bonchev–Trinajstić information content (AvgIpc) is 2.38. The molecule has 4 rings (SSSR count). The minimum absolute atomic E-state index is 0.152. The van der Waals surface area contributed by atoms with Crippen LogP contribution in [0.3, 0.4) is 0 Å². The Bertz CT molecular complexity index is 524. The van der Waals surface area contributed by atoms with E-state index in [2.05, 4.69) is 5.32 Å². The third-order valence-electron chi connectivity index (χ3n) is 5.88. The van der Waals surface area contributed by atoms with Gasteiger partial charge >= 0.3 is 5.97 Å². The summed E-state index contributed by atoms with van der Waals surface area (Å²) in [6.07, 6.45) is 4.67. The molecule has 0 spiro atoms. The van der Waals surface area contributed by atoms with Gasteiger partial charge in [0.2, 0.25) is 5.91 Å². The van der Waals surface area contributed by atoms with Crippen molar-refractivity contribution >= 4 is 11.9 Å². The van der Waals surface area contributed by atoms with Gasteiger partial charge in [0.15, 0.2) is 0 Å². The second-order valence-corrected chi connectivity index (χ2v) is 9.29. The smallest absolute Gasteiger partial charge is 0.326 e. The molecule has 4 aliphatic carbocycles. The molecule has 1 amide bonds. The zero-order valence-corrected chi connectivity index (χ0v) is 14.8. The van der Waals surface area contributed by atoms with Crippen LogP contribution in [0.25, 0.3) is 0 Å². The summed E-state index contributed by atoms with van der Waals surface area (Å²) in [5, 5.41) is 23.3. The number of carboxylic acids is 1. The van der Waals surface area contributed by atoms with Crippen LogP contribution < -0.4 is 5.32 Å². The molecule has 4 fully saturated rings. The molecule has 5 atom stereocenters. The number of carbonyl (C=O) groups excluding carboxylic acids is 1. The molecule has 4 saturated carbocycles. The van der Waals surface area contributed by atoms with Gasteiger partial charge in [-0.15, -0.1) is 0 Å². The molecule has 0 aromatic carbocycles. The van der Waals surface area contributed by atoms with Crippen LogP contribution in [0, 0.1) is 17.3 Å². The van der Waals surface area contributed by atoms with E-state index in [0.717, 1.165) is 32.1 Å². The van der Waals surface area contributed by atoms with Crippen LogP contribution in [-0.2, 0) is 14.3 Å². The van der Waals surface area contributed by atoms with Crippen LogP contribution in [0.2, 0.25) is 0 Å². The maximum atomic E-state index is 12.2. The number of carbonyl (C=O) groups is 2. The van der Waals surface area contributed by atoms with Crippen molar-refractivity contribution in [3.63, 3.8) is 0 Å². The van der Waals surface area contributed by atoms with Gasteiger partial charge in [-0.1, -0.05) is 0 Å². The summed E-state index contributed by atoms with van der Waals surface area (Å²) in [6.45, 7) is 5.40. The summed E-state index contributed by atoms with van der Waals surface area (Å²) >= 11 is 0. The fraction of sp³-hybridized carbons (Fsp3) is 0.889. The van der Waals surface area contributed by atoms with Crippen LogP contribution in [0.5, 0.6) is 0 Å². The largest absolute Gasteiger partial charge is 0.480 e. The van der Waals surface area contributed by atoms with Crippen molar-refractivity contribution in [1.82, 2.24) is 5.32 Å². The first-order valence-corrected chi connectivity index (χ1v) is 8.89. The number of aliphatic carboxylic acids is 1. The minimum Gasteiger partial charge on any atom is -0.480 e. The van der Waals surface area contributed by atoms with Crippen LogP contribution in [0.1, 0.15) is 59.3 Å². The Morgan fingerprint density at radius 3 is 2.25 bits per heavy atom. The van der Waals surface area contributed by atoms with Crippen molar-refractivity contribution in [2.24, 2.45) is 17.3 Å². The first-order chi connectivity index (χ1) is 11.0. The molecule has 0 saturated heterocycles. The topological polar surface area (TPSA) is 95.9 Å². The average molecular weight is 339 g/mol. The fourth-order valence-electron chi connectivity index (χ4n) is 5.58. The maximum Gasteiger partial charge on any atom is 0.326 e. The summed E-state index contributed by atoms with van der Waals surface area (Å²) in [6, 6.07) is -0.953. The molecule has 3 unspecified atom stereocenters. The zero-order chi connectivity index (χ0) is 17.8. The van der Waals surface area contributed by atoms with Crippen LogP contribution in [0.4, 0.5) is 0 Å². The Morgan fingerprint density at radius 1 is 1.21 bits per heavy atom. The highest BCUT2D eigenvalue weighted by Crippen LogP contribution is 2.62. The van der Waals surface area contributed by atoms with Gasteiger partial charge < -0.3 is 20.3 Å². The van der Waals surface area contributed by atoms with E-state index in [1.165, 1.54) is 0 Å². The van der Waals surface area contributed by atoms with E-state index in [1.54, 1.807) is 0 Å². The molecule has 3 N–H and O–H groups in total. The third-order valence-corrected chi connectivity index (χ3v) is 5.88.